The number of sulfonamides is 1. The lowest BCUT2D eigenvalue weighted by molar-refractivity contribution is -0.117. The molecule has 5 N–H and O–H groups in total. The molecule has 0 saturated carbocycles. The van der Waals surface area contributed by atoms with Gasteiger partial charge in [-0.25, -0.2) is 13.2 Å². The largest absolute Gasteiger partial charge is 0.352 e. The van der Waals surface area contributed by atoms with E-state index in [2.05, 4.69) is 15.4 Å². The van der Waals surface area contributed by atoms with Crippen molar-refractivity contribution in [2.75, 3.05) is 22.0 Å². The van der Waals surface area contributed by atoms with E-state index < -0.39 is 28.0 Å². The molecule has 0 bridgehead atoms. The molecule has 3 amide bonds. The Morgan fingerprint density at radius 3 is 2.33 bits per heavy atom. The van der Waals surface area contributed by atoms with Crippen LogP contribution in [0.3, 0.4) is 0 Å². The number of hydrogen-bond donors (Lipinski definition) is 4. The lowest BCUT2D eigenvalue weighted by Gasteiger charge is -2.17. The number of rotatable bonds is 9. The first-order valence-corrected chi connectivity index (χ1v) is 12.2. The van der Waals surface area contributed by atoms with E-state index in [9.17, 15) is 18.0 Å². The molecule has 2 aromatic rings. The number of nitrogens with one attached hydrogen (secondary N) is 3. The molecule has 12 heteroatoms. The lowest BCUT2D eigenvalue weighted by atomic mass is 10.2. The van der Waals surface area contributed by atoms with E-state index in [4.69, 9.17) is 28.9 Å². The number of halogens is 2. The number of carbonyl (C=O) groups is 2. The van der Waals surface area contributed by atoms with Crippen LogP contribution in [-0.4, -0.2) is 38.4 Å². The Bertz CT molecular complexity index is 1020. The van der Waals surface area contributed by atoms with Gasteiger partial charge in [0.05, 0.1) is 5.02 Å². The first-order valence-electron chi connectivity index (χ1n) is 8.56. The molecule has 0 fully saturated rings. The maximum Gasteiger partial charge on any atom is 0.312 e. The summed E-state index contributed by atoms with van der Waals surface area (Å²) in [5.41, 5.74) is 5.62. The zero-order chi connectivity index (χ0) is 22.3. The minimum atomic E-state index is -4.04. The standard InChI is InChI=1S/C18H20Cl2N4O4S2/c1-29-9-8-15(23-18(21)26)17(25)22-13-6-7-14(20)16(10-13)30(27,28)24-12-4-2-11(19)3-5-12/h2-7,10,15,24H,8-9H2,1H3,(H,22,25)(H3,21,23,26). The van der Waals surface area contributed by atoms with Crippen LogP contribution < -0.4 is 21.1 Å². The Balaban J connectivity index is 2.23. The third kappa shape index (κ3) is 6.98. The second-order valence-electron chi connectivity index (χ2n) is 6.09. The van der Waals surface area contributed by atoms with Gasteiger partial charge in [0, 0.05) is 16.4 Å². The number of thioether (sulfide) groups is 1. The molecule has 0 heterocycles. The van der Waals surface area contributed by atoms with Gasteiger partial charge in [0.2, 0.25) is 5.91 Å². The quantitative estimate of drug-likeness (QED) is 0.427. The van der Waals surface area contributed by atoms with Crippen LogP contribution in [0, 0.1) is 0 Å². The van der Waals surface area contributed by atoms with Crippen LogP contribution in [0.15, 0.2) is 47.4 Å². The Morgan fingerprint density at radius 1 is 1.10 bits per heavy atom. The topological polar surface area (TPSA) is 130 Å². The molecule has 2 rings (SSSR count). The molecular weight excluding hydrogens is 471 g/mol. The third-order valence-electron chi connectivity index (χ3n) is 3.83. The highest BCUT2D eigenvalue weighted by molar-refractivity contribution is 7.98. The summed E-state index contributed by atoms with van der Waals surface area (Å²) in [4.78, 5) is 23.5. The summed E-state index contributed by atoms with van der Waals surface area (Å²) >= 11 is 13.4. The SMILES string of the molecule is CSCCC(NC(N)=O)C(=O)Nc1ccc(Cl)c(S(=O)(=O)Nc2ccc(Cl)cc2)c1. The van der Waals surface area contributed by atoms with Crippen molar-refractivity contribution < 1.29 is 18.0 Å². The van der Waals surface area contributed by atoms with Gasteiger partial charge in [-0.15, -0.1) is 0 Å². The summed E-state index contributed by atoms with van der Waals surface area (Å²) in [5, 5.41) is 5.39. The summed E-state index contributed by atoms with van der Waals surface area (Å²) in [7, 11) is -4.04. The predicted molar refractivity (Wildman–Crippen MR) is 122 cm³/mol. The van der Waals surface area contributed by atoms with Crippen molar-refractivity contribution in [2.24, 2.45) is 5.73 Å². The summed E-state index contributed by atoms with van der Waals surface area (Å²) in [6.07, 6.45) is 2.22. The molecule has 0 aliphatic rings. The molecule has 0 saturated heterocycles. The fourth-order valence-corrected chi connectivity index (χ4v) is 4.60. The number of hydrogen-bond acceptors (Lipinski definition) is 5. The van der Waals surface area contributed by atoms with Crippen LogP contribution in [0.4, 0.5) is 16.2 Å². The van der Waals surface area contributed by atoms with E-state index in [1.165, 1.54) is 54.2 Å². The zero-order valence-electron chi connectivity index (χ0n) is 15.8. The second-order valence-corrected chi connectivity index (χ2v) is 9.57. The monoisotopic (exact) mass is 490 g/mol. The van der Waals surface area contributed by atoms with E-state index in [-0.39, 0.29) is 15.6 Å². The van der Waals surface area contributed by atoms with Gasteiger partial charge in [-0.05, 0) is 60.9 Å². The van der Waals surface area contributed by atoms with Crippen molar-refractivity contribution in [1.82, 2.24) is 5.32 Å². The Labute approximate surface area is 188 Å². The molecule has 2 aromatic carbocycles. The fraction of sp³-hybridized carbons (Fsp3) is 0.222. The maximum absolute atomic E-state index is 12.7. The maximum atomic E-state index is 12.7. The van der Waals surface area contributed by atoms with Crippen LogP contribution in [0.25, 0.3) is 0 Å². The number of carbonyl (C=O) groups excluding carboxylic acids is 2. The molecule has 0 aromatic heterocycles. The highest BCUT2D eigenvalue weighted by Crippen LogP contribution is 2.27. The van der Waals surface area contributed by atoms with Gasteiger partial charge < -0.3 is 16.4 Å². The van der Waals surface area contributed by atoms with Crippen LogP contribution in [0.5, 0.6) is 0 Å². The molecule has 0 aliphatic carbocycles. The highest BCUT2D eigenvalue weighted by atomic mass is 35.5. The number of nitrogens with two attached hydrogens (primary N) is 1. The summed E-state index contributed by atoms with van der Waals surface area (Å²) in [6, 6.07) is 8.44. The van der Waals surface area contributed by atoms with E-state index in [1.807, 2.05) is 6.26 Å². The first-order chi connectivity index (χ1) is 14.1. The smallest absolute Gasteiger partial charge is 0.312 e. The predicted octanol–water partition coefficient (Wildman–Crippen LogP) is 3.52. The van der Waals surface area contributed by atoms with Crippen molar-refractivity contribution in [3.05, 3.63) is 52.5 Å². The van der Waals surface area contributed by atoms with Gasteiger partial charge in [-0.3, -0.25) is 9.52 Å². The van der Waals surface area contributed by atoms with Crippen molar-refractivity contribution in [3.63, 3.8) is 0 Å². The van der Waals surface area contributed by atoms with Crippen molar-refractivity contribution >= 4 is 68.3 Å². The minimum Gasteiger partial charge on any atom is -0.352 e. The minimum absolute atomic E-state index is 0.0244. The number of primary amides is 1. The van der Waals surface area contributed by atoms with Gasteiger partial charge in [0.1, 0.15) is 10.9 Å². The zero-order valence-corrected chi connectivity index (χ0v) is 19.0. The number of benzene rings is 2. The summed E-state index contributed by atoms with van der Waals surface area (Å²) in [5.74, 6) is 0.0862. The molecule has 0 radical (unpaired) electrons. The van der Waals surface area contributed by atoms with Crippen LogP contribution >= 0.6 is 35.0 Å². The molecule has 0 aliphatic heterocycles. The molecular formula is C18H20Cl2N4O4S2. The molecule has 162 valence electrons. The molecule has 1 unspecified atom stereocenters. The number of anilines is 2. The Morgan fingerprint density at radius 2 is 1.73 bits per heavy atom. The third-order valence-corrected chi connectivity index (χ3v) is 6.59. The van der Waals surface area contributed by atoms with Crippen molar-refractivity contribution in [3.8, 4) is 0 Å². The van der Waals surface area contributed by atoms with E-state index in [0.29, 0.717) is 22.9 Å². The van der Waals surface area contributed by atoms with Crippen LogP contribution in [-0.2, 0) is 14.8 Å². The lowest BCUT2D eigenvalue weighted by Crippen LogP contribution is -2.46. The van der Waals surface area contributed by atoms with Crippen LogP contribution in [0.2, 0.25) is 10.0 Å². The van der Waals surface area contributed by atoms with Gasteiger partial charge in [-0.1, -0.05) is 23.2 Å². The molecule has 8 nitrogen and oxygen atoms in total. The summed E-state index contributed by atoms with van der Waals surface area (Å²) in [6.45, 7) is 0. The Hall–Kier alpha value is -2.14. The average molecular weight is 491 g/mol. The van der Waals surface area contributed by atoms with Gasteiger partial charge in [-0.2, -0.15) is 11.8 Å². The van der Waals surface area contributed by atoms with E-state index >= 15 is 0 Å². The molecule has 0 spiro atoms. The highest BCUT2D eigenvalue weighted by Gasteiger charge is 2.22. The fourth-order valence-electron chi connectivity index (χ4n) is 2.42. The normalized spacial score (nSPS) is 12.1. The Kier molecular flexibility index (Phi) is 8.65. The second kappa shape index (κ2) is 10.8. The van der Waals surface area contributed by atoms with E-state index in [1.54, 1.807) is 0 Å². The van der Waals surface area contributed by atoms with E-state index in [0.717, 1.165) is 0 Å². The van der Waals surface area contributed by atoms with Crippen molar-refractivity contribution in [1.29, 1.82) is 0 Å². The van der Waals surface area contributed by atoms with Crippen molar-refractivity contribution in [2.45, 2.75) is 17.4 Å². The van der Waals surface area contributed by atoms with Gasteiger partial charge >= 0.3 is 6.03 Å². The first kappa shape index (κ1) is 24.1. The molecule has 1 atom stereocenters. The van der Waals surface area contributed by atoms with Crippen LogP contribution in [0.1, 0.15) is 6.42 Å². The average Bonchev–Trinajstić information content (AvgIpc) is 2.67. The number of urea groups is 1. The summed E-state index contributed by atoms with van der Waals surface area (Å²) < 4.78 is 27.9. The van der Waals surface area contributed by atoms with Gasteiger partial charge in [0.15, 0.2) is 0 Å². The number of amides is 3. The molecule has 30 heavy (non-hydrogen) atoms. The van der Waals surface area contributed by atoms with Gasteiger partial charge in [0.25, 0.3) is 10.0 Å².